The van der Waals surface area contributed by atoms with Crippen LogP contribution in [0.1, 0.15) is 66.2 Å². The lowest BCUT2D eigenvalue weighted by Gasteiger charge is -2.43. The van der Waals surface area contributed by atoms with Gasteiger partial charge in [-0.05, 0) is 37.0 Å². The van der Waals surface area contributed by atoms with E-state index in [1.165, 1.54) is 0 Å². The van der Waals surface area contributed by atoms with Gasteiger partial charge < -0.3 is 25.0 Å². The van der Waals surface area contributed by atoms with Gasteiger partial charge in [-0.1, -0.05) is 19.9 Å². The lowest BCUT2D eigenvalue weighted by atomic mass is 10.0. The van der Waals surface area contributed by atoms with Crippen molar-refractivity contribution in [3.63, 3.8) is 0 Å². The highest BCUT2D eigenvalue weighted by molar-refractivity contribution is 5.92. The number of hydrogen-bond donors (Lipinski definition) is 1. The fourth-order valence-corrected chi connectivity index (χ4v) is 6.56. The van der Waals surface area contributed by atoms with Gasteiger partial charge in [0.1, 0.15) is 11.4 Å². The molecule has 3 saturated heterocycles. The van der Waals surface area contributed by atoms with Crippen LogP contribution in [0.4, 0.5) is 5.69 Å². The molecule has 3 aliphatic heterocycles. The first-order valence-electron chi connectivity index (χ1n) is 15.8. The molecule has 0 spiro atoms. The Balaban J connectivity index is 1.26. The number of piperazine rings is 1. The number of aryl methyl sites for hydroxylation is 1. The van der Waals surface area contributed by atoms with Crippen molar-refractivity contribution in [1.82, 2.24) is 24.7 Å². The molecule has 43 heavy (non-hydrogen) atoms. The standard InChI is InChI=1S/C32H47N7O4/c1-4-25-27(22-36-16-18-43-19-17-36)34-26(31(35-25)32(33)41)20-23-6-7-28(29(21-23)42-3)38-10-8-24(9-11-38)37-12-14-39(15-13-37)30(40)5-2/h6-7,21,24H,4-5,8-20,22H2,1-3H3,(H2,33,41). The van der Waals surface area contributed by atoms with E-state index in [9.17, 15) is 9.59 Å². The van der Waals surface area contributed by atoms with Crippen molar-refractivity contribution in [3.05, 3.63) is 46.5 Å². The van der Waals surface area contributed by atoms with Gasteiger partial charge in [-0.25, -0.2) is 4.98 Å². The highest BCUT2D eigenvalue weighted by Crippen LogP contribution is 2.33. The van der Waals surface area contributed by atoms with Crippen molar-refractivity contribution in [2.45, 2.75) is 58.5 Å². The van der Waals surface area contributed by atoms with Gasteiger partial charge in [0, 0.05) is 77.8 Å². The summed E-state index contributed by atoms with van der Waals surface area (Å²) < 4.78 is 11.4. The fourth-order valence-electron chi connectivity index (χ4n) is 6.56. The van der Waals surface area contributed by atoms with E-state index >= 15 is 0 Å². The van der Waals surface area contributed by atoms with Crippen molar-refractivity contribution in [1.29, 1.82) is 0 Å². The minimum atomic E-state index is -0.556. The summed E-state index contributed by atoms with van der Waals surface area (Å²) in [6.07, 6.45) is 3.87. The molecule has 2 aromatic rings. The number of amides is 2. The van der Waals surface area contributed by atoms with E-state index in [-0.39, 0.29) is 11.6 Å². The monoisotopic (exact) mass is 593 g/mol. The van der Waals surface area contributed by atoms with Gasteiger partial charge >= 0.3 is 0 Å². The summed E-state index contributed by atoms with van der Waals surface area (Å²) >= 11 is 0. The SMILES string of the molecule is CCC(=O)N1CCN(C2CCN(c3ccc(Cc4nc(CN5CCOCC5)c(CC)nc4C(N)=O)cc3OC)CC2)CC1. The molecule has 234 valence electrons. The molecule has 0 atom stereocenters. The van der Waals surface area contributed by atoms with Gasteiger partial charge in [0.2, 0.25) is 5.91 Å². The van der Waals surface area contributed by atoms with Crippen LogP contribution in [0.25, 0.3) is 0 Å². The van der Waals surface area contributed by atoms with Gasteiger partial charge in [0.25, 0.3) is 5.91 Å². The van der Waals surface area contributed by atoms with E-state index in [0.717, 1.165) is 93.6 Å². The van der Waals surface area contributed by atoms with E-state index in [1.54, 1.807) is 7.11 Å². The van der Waals surface area contributed by atoms with Crippen molar-refractivity contribution in [3.8, 4) is 5.75 Å². The van der Waals surface area contributed by atoms with Crippen molar-refractivity contribution < 1.29 is 19.1 Å². The number of carbonyl (C=O) groups excluding carboxylic acids is 2. The number of aromatic nitrogens is 2. The van der Waals surface area contributed by atoms with Crippen LogP contribution >= 0.6 is 0 Å². The number of piperidine rings is 1. The number of morpholine rings is 1. The minimum absolute atomic E-state index is 0.243. The first-order chi connectivity index (χ1) is 20.9. The Hall–Kier alpha value is -3.28. The topological polar surface area (TPSA) is 117 Å². The highest BCUT2D eigenvalue weighted by Gasteiger charge is 2.29. The van der Waals surface area contributed by atoms with Gasteiger partial charge in [-0.15, -0.1) is 0 Å². The number of methoxy groups -OCH3 is 1. The Bertz CT molecular complexity index is 1270. The molecule has 3 fully saturated rings. The number of hydrogen-bond acceptors (Lipinski definition) is 9. The van der Waals surface area contributed by atoms with Gasteiger partial charge in [-0.2, -0.15) is 0 Å². The van der Waals surface area contributed by atoms with E-state index in [1.807, 2.05) is 24.8 Å². The second-order valence-electron chi connectivity index (χ2n) is 11.7. The Morgan fingerprint density at radius 2 is 1.67 bits per heavy atom. The number of rotatable bonds is 10. The van der Waals surface area contributed by atoms with E-state index in [0.29, 0.717) is 50.8 Å². The normalized spacial score (nSPS) is 19.0. The lowest BCUT2D eigenvalue weighted by Crippen LogP contribution is -2.54. The summed E-state index contributed by atoms with van der Waals surface area (Å²) in [5.74, 6) is 0.518. The zero-order valence-corrected chi connectivity index (χ0v) is 26.0. The average Bonchev–Trinajstić information content (AvgIpc) is 3.05. The van der Waals surface area contributed by atoms with E-state index < -0.39 is 5.91 Å². The largest absolute Gasteiger partial charge is 0.495 e. The number of carbonyl (C=O) groups is 2. The molecule has 3 aliphatic rings. The highest BCUT2D eigenvalue weighted by atomic mass is 16.5. The minimum Gasteiger partial charge on any atom is -0.495 e. The van der Waals surface area contributed by atoms with Crippen LogP contribution in [0.2, 0.25) is 0 Å². The molecule has 11 nitrogen and oxygen atoms in total. The molecule has 1 aromatic carbocycles. The van der Waals surface area contributed by atoms with Crippen LogP contribution in [0, 0.1) is 0 Å². The summed E-state index contributed by atoms with van der Waals surface area (Å²) in [5, 5.41) is 0. The second kappa shape index (κ2) is 14.5. The quantitative estimate of drug-likeness (QED) is 0.442. The maximum atomic E-state index is 12.4. The molecule has 0 radical (unpaired) electrons. The molecule has 0 unspecified atom stereocenters. The Morgan fingerprint density at radius 1 is 0.953 bits per heavy atom. The third-order valence-electron chi connectivity index (χ3n) is 9.08. The van der Waals surface area contributed by atoms with E-state index in [4.69, 9.17) is 25.2 Å². The van der Waals surface area contributed by atoms with Crippen LogP contribution in [0.3, 0.4) is 0 Å². The molecule has 11 heteroatoms. The molecule has 4 heterocycles. The van der Waals surface area contributed by atoms with Crippen LogP contribution in [0.15, 0.2) is 18.2 Å². The molecule has 0 aliphatic carbocycles. The number of primary amides is 1. The molecule has 2 amide bonds. The zero-order valence-electron chi connectivity index (χ0n) is 26.0. The fraction of sp³-hybridized carbons (Fsp3) is 0.625. The first-order valence-corrected chi connectivity index (χ1v) is 15.8. The maximum absolute atomic E-state index is 12.4. The van der Waals surface area contributed by atoms with Crippen molar-refractivity contribution in [2.75, 3.05) is 77.6 Å². The van der Waals surface area contributed by atoms with Gasteiger partial charge in [0.15, 0.2) is 0 Å². The van der Waals surface area contributed by atoms with E-state index in [2.05, 4.69) is 26.8 Å². The average molecular weight is 594 g/mol. The Kier molecular flexibility index (Phi) is 10.5. The molecule has 5 rings (SSSR count). The lowest BCUT2D eigenvalue weighted by molar-refractivity contribution is -0.133. The number of nitrogens with two attached hydrogens (primary N) is 1. The molecular weight excluding hydrogens is 546 g/mol. The Labute approximate surface area is 255 Å². The van der Waals surface area contributed by atoms with Crippen LogP contribution < -0.4 is 15.4 Å². The van der Waals surface area contributed by atoms with Crippen molar-refractivity contribution in [2.24, 2.45) is 5.73 Å². The summed E-state index contributed by atoms with van der Waals surface area (Å²) in [6, 6.07) is 6.81. The smallest absolute Gasteiger partial charge is 0.269 e. The zero-order chi connectivity index (χ0) is 30.3. The summed E-state index contributed by atoms with van der Waals surface area (Å²) in [4.78, 5) is 43.4. The number of anilines is 1. The molecule has 0 bridgehead atoms. The number of nitrogens with zero attached hydrogens (tertiary/aromatic N) is 6. The third kappa shape index (κ3) is 7.45. The third-order valence-corrected chi connectivity index (χ3v) is 9.08. The number of benzene rings is 1. The first kappa shape index (κ1) is 31.2. The predicted octanol–water partition coefficient (Wildman–Crippen LogP) is 2.09. The predicted molar refractivity (Wildman–Crippen MR) is 166 cm³/mol. The molecular formula is C32H47N7O4. The Morgan fingerprint density at radius 3 is 2.30 bits per heavy atom. The summed E-state index contributed by atoms with van der Waals surface area (Å²) in [6.45, 7) is 13.3. The van der Waals surface area contributed by atoms with Crippen LogP contribution in [-0.2, 0) is 28.9 Å². The van der Waals surface area contributed by atoms with Gasteiger partial charge in [-0.3, -0.25) is 24.4 Å². The summed E-state index contributed by atoms with van der Waals surface area (Å²) in [7, 11) is 1.71. The van der Waals surface area contributed by atoms with Crippen LogP contribution in [-0.4, -0.2) is 115 Å². The molecule has 1 aromatic heterocycles. The molecule has 2 N–H and O–H groups in total. The van der Waals surface area contributed by atoms with Gasteiger partial charge in [0.05, 0.1) is 43.1 Å². The second-order valence-corrected chi connectivity index (χ2v) is 11.7. The maximum Gasteiger partial charge on any atom is 0.269 e. The molecule has 0 saturated carbocycles. The van der Waals surface area contributed by atoms with Crippen LogP contribution in [0.5, 0.6) is 5.75 Å². The van der Waals surface area contributed by atoms with Crippen molar-refractivity contribution >= 4 is 17.5 Å². The number of ether oxygens (including phenoxy) is 2. The summed E-state index contributed by atoms with van der Waals surface area (Å²) in [5.41, 5.74) is 10.4.